The van der Waals surface area contributed by atoms with Gasteiger partial charge < -0.3 is 9.84 Å². The van der Waals surface area contributed by atoms with Crippen LogP contribution in [0, 0.1) is 12.5 Å². The van der Waals surface area contributed by atoms with Crippen LogP contribution in [-0.4, -0.2) is 11.1 Å². The Labute approximate surface area is 135 Å². The number of benzene rings is 2. The van der Waals surface area contributed by atoms with Crippen LogP contribution in [0.15, 0.2) is 60.9 Å². The van der Waals surface area contributed by atoms with E-state index in [1.54, 1.807) is 30.4 Å². The molecule has 2 radical (unpaired) electrons. The second kappa shape index (κ2) is 6.53. The molecule has 2 aromatic carbocycles. The Morgan fingerprint density at radius 2 is 2.13 bits per heavy atom. The number of aliphatic carboxylic acids is 1. The number of carbonyl (C=O) groups is 1. The van der Waals surface area contributed by atoms with Crippen molar-refractivity contribution in [1.82, 2.24) is 0 Å². The summed E-state index contributed by atoms with van der Waals surface area (Å²) in [6.45, 7) is 4.15. The quantitative estimate of drug-likeness (QED) is 0.909. The van der Waals surface area contributed by atoms with Crippen molar-refractivity contribution in [3.63, 3.8) is 0 Å². The van der Waals surface area contributed by atoms with E-state index in [1.807, 2.05) is 30.7 Å². The van der Waals surface area contributed by atoms with Crippen LogP contribution in [0.2, 0.25) is 0 Å². The largest absolute Gasteiger partial charge is 0.493 e. The summed E-state index contributed by atoms with van der Waals surface area (Å²) in [5, 5.41) is 9.43. The molecule has 0 heterocycles. The van der Waals surface area contributed by atoms with Crippen molar-refractivity contribution in [2.45, 2.75) is 12.5 Å². The average molecular weight is 304 g/mol. The number of carboxylic acid groups (broad SMARTS) is 1. The first-order valence-electron chi connectivity index (χ1n) is 7.32. The molecule has 1 aliphatic carbocycles. The van der Waals surface area contributed by atoms with Crippen molar-refractivity contribution in [3.8, 4) is 0 Å². The number of rotatable bonds is 5. The van der Waals surface area contributed by atoms with E-state index < -0.39 is 11.9 Å². The maximum Gasteiger partial charge on any atom is 0.315 e. The summed E-state index contributed by atoms with van der Waals surface area (Å²) < 4.78 is 5.82. The molecule has 1 aliphatic rings. The highest BCUT2D eigenvalue weighted by atomic mass is 16.5. The lowest BCUT2D eigenvalue weighted by Crippen LogP contribution is -2.16. The van der Waals surface area contributed by atoms with Gasteiger partial charge in [-0.3, -0.25) is 4.79 Å². The molecule has 0 saturated carbocycles. The van der Waals surface area contributed by atoms with E-state index >= 15 is 0 Å². The van der Waals surface area contributed by atoms with Gasteiger partial charge in [0.15, 0.2) is 0 Å². The topological polar surface area (TPSA) is 46.5 Å². The number of ether oxygens (including phenoxy) is 1. The second-order valence-corrected chi connectivity index (χ2v) is 5.26. The molecule has 3 nitrogen and oxygen atoms in total. The summed E-state index contributed by atoms with van der Waals surface area (Å²) in [6, 6.07) is 16.3. The van der Waals surface area contributed by atoms with E-state index in [2.05, 4.69) is 12.6 Å². The maximum atomic E-state index is 11.5. The number of fused-ring (bicyclic) bond motifs is 1. The van der Waals surface area contributed by atoms with E-state index in [4.69, 9.17) is 4.74 Å². The molecule has 1 N–H and O–H groups in total. The third kappa shape index (κ3) is 3.19. The Balaban J connectivity index is 1.81. The lowest BCUT2D eigenvalue weighted by atomic mass is 9.87. The average Bonchev–Trinajstić information content (AvgIpc) is 2.59. The summed E-state index contributed by atoms with van der Waals surface area (Å²) in [7, 11) is 0. The van der Waals surface area contributed by atoms with Gasteiger partial charge in [-0.2, -0.15) is 0 Å². The Morgan fingerprint density at radius 1 is 1.30 bits per heavy atom. The van der Waals surface area contributed by atoms with Gasteiger partial charge in [-0.05, 0) is 34.4 Å². The monoisotopic (exact) mass is 304 g/mol. The first kappa shape index (κ1) is 15.1. The number of hydrogen-bond acceptors (Lipinski definition) is 2. The molecule has 3 heteroatoms. The highest BCUT2D eigenvalue weighted by Gasteiger charge is 2.26. The summed E-state index contributed by atoms with van der Waals surface area (Å²) in [5.74, 6) is -1.06. The lowest BCUT2D eigenvalue weighted by Gasteiger charge is -2.22. The maximum absolute atomic E-state index is 11.5. The minimum Gasteiger partial charge on any atom is -0.493 e. The minimum absolute atomic E-state index is 0.360. The molecule has 0 aromatic heterocycles. The fourth-order valence-corrected chi connectivity index (χ4v) is 2.62. The molecular weight excluding hydrogens is 288 g/mol. The van der Waals surface area contributed by atoms with Gasteiger partial charge in [0.1, 0.15) is 18.3 Å². The fraction of sp³-hybridized carbons (Fsp3) is 0.100. The number of carboxylic acids is 1. The SMILES string of the molecule is C=Cc1ccccc1COC1=CC(C(=O)O)c2ccc[c]c2[CH]1. The zero-order valence-electron chi connectivity index (χ0n) is 12.5. The molecular formula is C20H16O3. The molecule has 0 saturated heterocycles. The molecule has 0 aliphatic heterocycles. The van der Waals surface area contributed by atoms with Crippen LogP contribution in [0.1, 0.15) is 28.2 Å². The van der Waals surface area contributed by atoms with Crippen molar-refractivity contribution in [1.29, 1.82) is 0 Å². The smallest absolute Gasteiger partial charge is 0.315 e. The molecule has 1 atom stereocenters. The molecule has 0 bridgehead atoms. The molecule has 0 fully saturated rings. The molecule has 1 unspecified atom stereocenters. The first-order valence-corrected chi connectivity index (χ1v) is 7.32. The second-order valence-electron chi connectivity index (χ2n) is 5.26. The van der Waals surface area contributed by atoms with E-state index in [1.165, 1.54) is 0 Å². The summed E-state index contributed by atoms with van der Waals surface area (Å²) in [4.78, 5) is 11.5. The van der Waals surface area contributed by atoms with Crippen molar-refractivity contribution < 1.29 is 14.6 Å². The predicted octanol–water partition coefficient (Wildman–Crippen LogP) is 3.96. The standard InChI is InChI=1S/C20H16O3/c1-2-14-7-3-4-9-16(14)13-23-17-11-15-8-5-6-10-18(15)19(12-17)20(21)22/h2-7,9-12,19H,1,13H2,(H,21,22). The van der Waals surface area contributed by atoms with Crippen LogP contribution < -0.4 is 0 Å². The highest BCUT2D eigenvalue weighted by Crippen LogP contribution is 2.32. The predicted molar refractivity (Wildman–Crippen MR) is 88.5 cm³/mol. The van der Waals surface area contributed by atoms with Crippen molar-refractivity contribution in [2.75, 3.05) is 0 Å². The van der Waals surface area contributed by atoms with E-state index in [0.29, 0.717) is 12.4 Å². The third-order valence-corrected chi connectivity index (χ3v) is 3.81. The molecule has 23 heavy (non-hydrogen) atoms. The van der Waals surface area contributed by atoms with Gasteiger partial charge >= 0.3 is 5.97 Å². The van der Waals surface area contributed by atoms with Crippen LogP contribution in [0.3, 0.4) is 0 Å². The first-order chi connectivity index (χ1) is 11.2. The van der Waals surface area contributed by atoms with Gasteiger partial charge in [0.05, 0.1) is 6.42 Å². The van der Waals surface area contributed by atoms with E-state index in [0.717, 1.165) is 22.3 Å². The Morgan fingerprint density at radius 3 is 2.91 bits per heavy atom. The molecule has 2 aromatic rings. The number of allylic oxidation sites excluding steroid dienone is 1. The van der Waals surface area contributed by atoms with Crippen LogP contribution in [0.25, 0.3) is 6.08 Å². The van der Waals surface area contributed by atoms with Gasteiger partial charge in [0.2, 0.25) is 0 Å². The summed E-state index contributed by atoms with van der Waals surface area (Å²) in [5.41, 5.74) is 3.51. The van der Waals surface area contributed by atoms with Crippen LogP contribution in [0.4, 0.5) is 0 Å². The van der Waals surface area contributed by atoms with Crippen LogP contribution >= 0.6 is 0 Å². The minimum atomic E-state index is -0.897. The van der Waals surface area contributed by atoms with Gasteiger partial charge in [-0.15, -0.1) is 0 Å². The highest BCUT2D eigenvalue weighted by molar-refractivity contribution is 5.80. The Hall–Kier alpha value is -2.81. The van der Waals surface area contributed by atoms with Crippen molar-refractivity contribution in [2.24, 2.45) is 0 Å². The summed E-state index contributed by atoms with van der Waals surface area (Å²) >= 11 is 0. The molecule has 0 amide bonds. The zero-order chi connectivity index (χ0) is 16.2. The van der Waals surface area contributed by atoms with Gasteiger partial charge in [-0.25, -0.2) is 0 Å². The third-order valence-electron chi connectivity index (χ3n) is 3.81. The van der Waals surface area contributed by atoms with Crippen LogP contribution in [-0.2, 0) is 16.1 Å². The normalized spacial score (nSPS) is 16.2. The van der Waals surface area contributed by atoms with Gasteiger partial charge in [-0.1, -0.05) is 55.1 Å². The Kier molecular flexibility index (Phi) is 4.29. The van der Waals surface area contributed by atoms with E-state index in [9.17, 15) is 9.90 Å². The van der Waals surface area contributed by atoms with Crippen LogP contribution in [0.5, 0.6) is 0 Å². The zero-order valence-corrected chi connectivity index (χ0v) is 12.5. The molecule has 0 spiro atoms. The fourth-order valence-electron chi connectivity index (χ4n) is 2.62. The Bertz CT molecular complexity index is 774. The van der Waals surface area contributed by atoms with Gasteiger partial charge in [0, 0.05) is 0 Å². The molecule has 114 valence electrons. The van der Waals surface area contributed by atoms with Gasteiger partial charge in [0.25, 0.3) is 0 Å². The van der Waals surface area contributed by atoms with Crippen molar-refractivity contribution >= 4 is 12.0 Å². The molecule has 3 rings (SSSR count). The lowest BCUT2D eigenvalue weighted by molar-refractivity contribution is -0.137. The van der Waals surface area contributed by atoms with Crippen molar-refractivity contribution in [3.05, 3.63) is 95.6 Å². The number of hydrogen-bond donors (Lipinski definition) is 1. The summed E-state index contributed by atoms with van der Waals surface area (Å²) in [6.07, 6.45) is 5.24. The van der Waals surface area contributed by atoms with E-state index in [-0.39, 0.29) is 0 Å².